The van der Waals surface area contributed by atoms with Gasteiger partial charge in [-0.2, -0.15) is 0 Å². The Bertz CT molecular complexity index is 646. The molecule has 2 aromatic carbocycles. The molecule has 1 aliphatic heterocycles. The van der Waals surface area contributed by atoms with Gasteiger partial charge in [0.2, 0.25) is 0 Å². The average molecular weight is 367 g/mol. The van der Waals surface area contributed by atoms with Gasteiger partial charge in [0.25, 0.3) is 0 Å². The molecule has 2 aromatic rings. The first-order chi connectivity index (χ1) is 10.2. The molecule has 1 aliphatic rings. The van der Waals surface area contributed by atoms with E-state index in [-0.39, 0.29) is 6.10 Å². The molecule has 0 bridgehead atoms. The van der Waals surface area contributed by atoms with E-state index in [0.717, 1.165) is 33.8 Å². The van der Waals surface area contributed by atoms with Gasteiger partial charge in [-0.05, 0) is 24.7 Å². The molecule has 21 heavy (non-hydrogen) atoms. The maximum Gasteiger partial charge on any atom is 0.127 e. The quantitative estimate of drug-likeness (QED) is 0.798. The molecule has 2 nitrogen and oxygen atoms in total. The zero-order valence-electron chi connectivity index (χ0n) is 11.8. The van der Waals surface area contributed by atoms with E-state index in [2.05, 4.69) is 40.3 Å². The van der Waals surface area contributed by atoms with Gasteiger partial charge >= 0.3 is 0 Å². The van der Waals surface area contributed by atoms with Crippen LogP contribution in [0.1, 0.15) is 36.6 Å². The highest BCUT2D eigenvalue weighted by Gasteiger charge is 2.29. The van der Waals surface area contributed by atoms with E-state index in [1.807, 2.05) is 30.3 Å². The molecule has 0 fully saturated rings. The number of hydrogen-bond acceptors (Lipinski definition) is 2. The van der Waals surface area contributed by atoms with Crippen LogP contribution in [0.4, 0.5) is 0 Å². The molecule has 110 valence electrons. The predicted molar refractivity (Wildman–Crippen MR) is 90.0 cm³/mol. The molecular weight excluding hydrogens is 350 g/mol. The van der Waals surface area contributed by atoms with Crippen molar-refractivity contribution in [2.75, 3.05) is 6.54 Å². The first-order valence-electron chi connectivity index (χ1n) is 7.13. The van der Waals surface area contributed by atoms with Crippen molar-refractivity contribution in [1.82, 2.24) is 5.32 Å². The molecule has 3 rings (SSSR count). The predicted octanol–water partition coefficient (Wildman–Crippen LogP) is 5.28. The summed E-state index contributed by atoms with van der Waals surface area (Å²) in [6.07, 6.45) is 0.858. The van der Waals surface area contributed by atoms with E-state index >= 15 is 0 Å². The highest BCUT2D eigenvalue weighted by Crippen LogP contribution is 2.42. The summed E-state index contributed by atoms with van der Waals surface area (Å²) in [4.78, 5) is 0. The monoisotopic (exact) mass is 365 g/mol. The van der Waals surface area contributed by atoms with Crippen molar-refractivity contribution in [3.8, 4) is 5.75 Å². The SMILES string of the molecule is CCNC1CC(c2ccc(Br)cc2Cl)Oc2ccccc21. The van der Waals surface area contributed by atoms with Gasteiger partial charge in [-0.25, -0.2) is 0 Å². The van der Waals surface area contributed by atoms with Gasteiger partial charge in [0.15, 0.2) is 0 Å². The normalized spacial score (nSPS) is 20.7. The van der Waals surface area contributed by atoms with Crippen LogP contribution in [0.3, 0.4) is 0 Å². The zero-order valence-corrected chi connectivity index (χ0v) is 14.1. The Balaban J connectivity index is 1.95. The minimum absolute atomic E-state index is 0.0236. The van der Waals surface area contributed by atoms with E-state index < -0.39 is 0 Å². The van der Waals surface area contributed by atoms with Crippen LogP contribution in [0.5, 0.6) is 5.75 Å². The maximum absolute atomic E-state index is 6.38. The summed E-state index contributed by atoms with van der Waals surface area (Å²) in [6.45, 7) is 3.06. The first kappa shape index (κ1) is 14.9. The standard InChI is InChI=1S/C17H17BrClNO/c1-2-20-15-10-17(12-8-7-11(18)9-14(12)19)21-16-6-4-3-5-13(15)16/h3-9,15,17,20H,2,10H2,1H3. The summed E-state index contributed by atoms with van der Waals surface area (Å²) in [5.41, 5.74) is 2.26. The third-order valence-electron chi connectivity index (χ3n) is 3.77. The lowest BCUT2D eigenvalue weighted by Gasteiger charge is -2.33. The van der Waals surface area contributed by atoms with E-state index in [9.17, 15) is 0 Å². The number of para-hydroxylation sites is 1. The molecule has 0 saturated carbocycles. The smallest absolute Gasteiger partial charge is 0.127 e. The van der Waals surface area contributed by atoms with E-state index in [4.69, 9.17) is 16.3 Å². The van der Waals surface area contributed by atoms with Crippen LogP contribution < -0.4 is 10.1 Å². The summed E-state index contributed by atoms with van der Waals surface area (Å²) >= 11 is 9.83. The van der Waals surface area contributed by atoms with Crippen molar-refractivity contribution in [1.29, 1.82) is 0 Å². The topological polar surface area (TPSA) is 21.3 Å². The minimum atomic E-state index is -0.0236. The van der Waals surface area contributed by atoms with Gasteiger partial charge in [-0.1, -0.05) is 58.7 Å². The van der Waals surface area contributed by atoms with E-state index in [0.29, 0.717) is 6.04 Å². The molecule has 0 spiro atoms. The second kappa shape index (κ2) is 6.39. The summed E-state index contributed by atoms with van der Waals surface area (Å²) in [6, 6.07) is 14.5. The summed E-state index contributed by atoms with van der Waals surface area (Å²) in [5, 5.41) is 4.28. The van der Waals surface area contributed by atoms with Crippen LogP contribution in [0.25, 0.3) is 0 Å². The number of nitrogens with one attached hydrogen (secondary N) is 1. The second-order valence-electron chi connectivity index (χ2n) is 5.16. The van der Waals surface area contributed by atoms with Crippen molar-refractivity contribution in [3.63, 3.8) is 0 Å². The van der Waals surface area contributed by atoms with Crippen LogP contribution in [0.2, 0.25) is 5.02 Å². The van der Waals surface area contributed by atoms with Crippen LogP contribution in [-0.2, 0) is 0 Å². The summed E-state index contributed by atoms with van der Waals surface area (Å²) in [7, 11) is 0. The van der Waals surface area contributed by atoms with Gasteiger partial charge in [0, 0.05) is 33.1 Å². The van der Waals surface area contributed by atoms with Crippen LogP contribution in [-0.4, -0.2) is 6.54 Å². The second-order valence-corrected chi connectivity index (χ2v) is 6.48. The highest BCUT2D eigenvalue weighted by molar-refractivity contribution is 9.10. The molecule has 2 atom stereocenters. The Morgan fingerprint density at radius 3 is 2.81 bits per heavy atom. The zero-order chi connectivity index (χ0) is 14.8. The number of hydrogen-bond donors (Lipinski definition) is 1. The average Bonchev–Trinajstić information content (AvgIpc) is 2.47. The highest BCUT2D eigenvalue weighted by atomic mass is 79.9. The van der Waals surface area contributed by atoms with Gasteiger partial charge in [-0.15, -0.1) is 0 Å². The van der Waals surface area contributed by atoms with Crippen molar-refractivity contribution < 1.29 is 4.74 Å². The Morgan fingerprint density at radius 2 is 2.05 bits per heavy atom. The lowest BCUT2D eigenvalue weighted by molar-refractivity contribution is 0.152. The van der Waals surface area contributed by atoms with Crippen LogP contribution in [0.15, 0.2) is 46.9 Å². The lowest BCUT2D eigenvalue weighted by Crippen LogP contribution is -2.29. The number of halogens is 2. The van der Waals surface area contributed by atoms with Crippen molar-refractivity contribution in [3.05, 3.63) is 63.1 Å². The van der Waals surface area contributed by atoms with Crippen molar-refractivity contribution in [2.45, 2.75) is 25.5 Å². The summed E-state index contributed by atoms with van der Waals surface area (Å²) < 4.78 is 7.16. The molecule has 0 aliphatic carbocycles. The Labute approximate surface area is 138 Å². The van der Waals surface area contributed by atoms with E-state index in [1.54, 1.807) is 0 Å². The Morgan fingerprint density at radius 1 is 1.24 bits per heavy atom. The third kappa shape index (κ3) is 3.10. The molecule has 4 heteroatoms. The molecule has 0 saturated heterocycles. The lowest BCUT2D eigenvalue weighted by atomic mass is 9.93. The molecular formula is C17H17BrClNO. The first-order valence-corrected chi connectivity index (χ1v) is 8.30. The van der Waals surface area contributed by atoms with Crippen LogP contribution >= 0.6 is 27.5 Å². The Kier molecular flexibility index (Phi) is 4.53. The van der Waals surface area contributed by atoms with E-state index in [1.165, 1.54) is 5.56 Å². The number of fused-ring (bicyclic) bond motifs is 1. The molecule has 2 unspecified atom stereocenters. The van der Waals surface area contributed by atoms with Gasteiger partial charge in [0.1, 0.15) is 11.9 Å². The number of ether oxygens (including phenoxy) is 1. The molecule has 0 radical (unpaired) electrons. The largest absolute Gasteiger partial charge is 0.485 e. The van der Waals surface area contributed by atoms with Crippen LogP contribution in [0, 0.1) is 0 Å². The number of rotatable bonds is 3. The maximum atomic E-state index is 6.38. The molecule has 1 N–H and O–H groups in total. The fraction of sp³-hybridized carbons (Fsp3) is 0.294. The summed E-state index contributed by atoms with van der Waals surface area (Å²) in [5.74, 6) is 0.943. The fourth-order valence-electron chi connectivity index (χ4n) is 2.81. The fourth-order valence-corrected chi connectivity index (χ4v) is 3.61. The van der Waals surface area contributed by atoms with Gasteiger partial charge in [-0.3, -0.25) is 0 Å². The Hall–Kier alpha value is -1.03. The third-order valence-corrected chi connectivity index (χ3v) is 4.59. The van der Waals surface area contributed by atoms with Crippen molar-refractivity contribution >= 4 is 27.5 Å². The molecule has 0 amide bonds. The number of benzene rings is 2. The van der Waals surface area contributed by atoms with Gasteiger partial charge < -0.3 is 10.1 Å². The van der Waals surface area contributed by atoms with Gasteiger partial charge in [0.05, 0.1) is 0 Å². The molecule has 0 aromatic heterocycles. The molecule has 1 heterocycles. The minimum Gasteiger partial charge on any atom is -0.485 e. The van der Waals surface area contributed by atoms with Crippen molar-refractivity contribution in [2.24, 2.45) is 0 Å².